The van der Waals surface area contributed by atoms with Crippen LogP contribution < -0.4 is 4.74 Å². The molecule has 1 aliphatic heterocycles. The number of H-pyrrole nitrogens is 1. The molecule has 19 heavy (non-hydrogen) atoms. The maximum atomic E-state index is 12.5. The van der Waals surface area contributed by atoms with Crippen LogP contribution in [0.3, 0.4) is 0 Å². The fourth-order valence-electron chi connectivity index (χ4n) is 2.34. The molecule has 0 bridgehead atoms. The molecule has 5 heteroatoms. The van der Waals surface area contributed by atoms with Crippen molar-refractivity contribution in [3.05, 3.63) is 30.0 Å². The average molecular weight is 260 g/mol. The average Bonchev–Trinajstić information content (AvgIpc) is 2.90. The molecule has 1 aliphatic rings. The number of nitrogens with zero attached hydrogens (tertiary/aromatic N) is 1. The maximum Gasteiger partial charge on any atom is 0.256 e. The van der Waals surface area contributed by atoms with E-state index in [0.717, 1.165) is 16.7 Å². The summed E-state index contributed by atoms with van der Waals surface area (Å²) in [5.74, 6) is 0.797. The number of morpholine rings is 1. The van der Waals surface area contributed by atoms with E-state index >= 15 is 0 Å². The number of amides is 1. The zero-order valence-electron chi connectivity index (χ0n) is 10.8. The number of carbonyl (C=O) groups excluding carboxylic acids is 1. The summed E-state index contributed by atoms with van der Waals surface area (Å²) in [6, 6.07) is 5.69. The molecule has 1 N–H and O–H groups in total. The number of hydrogen-bond donors (Lipinski definition) is 1. The minimum Gasteiger partial charge on any atom is -0.497 e. The summed E-state index contributed by atoms with van der Waals surface area (Å²) in [6.07, 6.45) is 1.77. The summed E-state index contributed by atoms with van der Waals surface area (Å²) in [4.78, 5) is 17.4. The summed E-state index contributed by atoms with van der Waals surface area (Å²) in [6.45, 7) is 2.51. The van der Waals surface area contributed by atoms with Gasteiger partial charge in [-0.2, -0.15) is 0 Å². The first kappa shape index (κ1) is 12.0. The van der Waals surface area contributed by atoms with Gasteiger partial charge in [0.1, 0.15) is 5.75 Å². The lowest BCUT2D eigenvalue weighted by molar-refractivity contribution is 0.0304. The standard InChI is InChI=1S/C14H16N2O3/c1-18-10-2-3-13-11(8-10)12(9-15-13)14(17)16-4-6-19-7-5-16/h2-3,8-9,15H,4-7H2,1H3. The Morgan fingerprint density at radius 1 is 1.37 bits per heavy atom. The van der Waals surface area contributed by atoms with E-state index in [-0.39, 0.29) is 5.91 Å². The van der Waals surface area contributed by atoms with E-state index in [1.54, 1.807) is 13.3 Å². The van der Waals surface area contributed by atoms with Gasteiger partial charge in [-0.05, 0) is 18.2 Å². The highest BCUT2D eigenvalue weighted by molar-refractivity contribution is 6.07. The molecule has 0 saturated carbocycles. The van der Waals surface area contributed by atoms with Crippen molar-refractivity contribution in [2.24, 2.45) is 0 Å². The molecule has 0 aliphatic carbocycles. The maximum absolute atomic E-state index is 12.5. The minimum absolute atomic E-state index is 0.0443. The third-order valence-electron chi connectivity index (χ3n) is 3.42. The van der Waals surface area contributed by atoms with Crippen molar-refractivity contribution < 1.29 is 14.3 Å². The Morgan fingerprint density at radius 2 is 2.16 bits per heavy atom. The summed E-state index contributed by atoms with van der Waals surface area (Å²) in [7, 11) is 1.62. The van der Waals surface area contributed by atoms with Crippen molar-refractivity contribution in [2.75, 3.05) is 33.4 Å². The van der Waals surface area contributed by atoms with Crippen LogP contribution in [0.4, 0.5) is 0 Å². The number of rotatable bonds is 2. The third kappa shape index (κ3) is 2.17. The van der Waals surface area contributed by atoms with Crippen LogP contribution in [0.25, 0.3) is 10.9 Å². The number of aromatic amines is 1. The molecule has 2 heterocycles. The number of carbonyl (C=O) groups is 1. The molecule has 1 aromatic heterocycles. The summed E-state index contributed by atoms with van der Waals surface area (Å²) >= 11 is 0. The SMILES string of the molecule is COc1ccc2[nH]cc(C(=O)N3CCOCC3)c2c1. The molecule has 1 saturated heterocycles. The molecular weight excluding hydrogens is 244 g/mol. The van der Waals surface area contributed by atoms with Gasteiger partial charge in [-0.25, -0.2) is 0 Å². The molecule has 0 radical (unpaired) electrons. The number of benzene rings is 1. The van der Waals surface area contributed by atoms with Gasteiger partial charge in [0.2, 0.25) is 0 Å². The number of ether oxygens (including phenoxy) is 2. The van der Waals surface area contributed by atoms with Gasteiger partial charge in [0, 0.05) is 30.2 Å². The Hall–Kier alpha value is -2.01. The zero-order chi connectivity index (χ0) is 13.2. The normalized spacial score (nSPS) is 15.7. The Morgan fingerprint density at radius 3 is 2.89 bits per heavy atom. The quantitative estimate of drug-likeness (QED) is 0.893. The predicted octanol–water partition coefficient (Wildman–Crippen LogP) is 1.65. The van der Waals surface area contributed by atoms with Crippen LogP contribution in [0, 0.1) is 0 Å². The molecule has 2 aromatic rings. The number of hydrogen-bond acceptors (Lipinski definition) is 3. The zero-order valence-corrected chi connectivity index (χ0v) is 10.8. The van der Waals surface area contributed by atoms with Crippen molar-refractivity contribution >= 4 is 16.8 Å². The first-order chi connectivity index (χ1) is 9.29. The van der Waals surface area contributed by atoms with Crippen LogP contribution >= 0.6 is 0 Å². The number of nitrogens with one attached hydrogen (secondary N) is 1. The lowest BCUT2D eigenvalue weighted by Crippen LogP contribution is -2.40. The van der Waals surface area contributed by atoms with Gasteiger partial charge in [-0.3, -0.25) is 4.79 Å². The van der Waals surface area contributed by atoms with E-state index in [0.29, 0.717) is 31.9 Å². The van der Waals surface area contributed by atoms with Crippen molar-refractivity contribution in [3.8, 4) is 5.75 Å². The Balaban J connectivity index is 1.97. The Kier molecular flexibility index (Phi) is 3.13. The van der Waals surface area contributed by atoms with Gasteiger partial charge in [-0.15, -0.1) is 0 Å². The highest BCUT2D eigenvalue weighted by atomic mass is 16.5. The van der Waals surface area contributed by atoms with E-state index in [1.165, 1.54) is 0 Å². The molecule has 0 atom stereocenters. The lowest BCUT2D eigenvalue weighted by Gasteiger charge is -2.26. The van der Waals surface area contributed by atoms with Crippen molar-refractivity contribution in [3.63, 3.8) is 0 Å². The molecule has 5 nitrogen and oxygen atoms in total. The van der Waals surface area contributed by atoms with Gasteiger partial charge in [0.15, 0.2) is 0 Å². The number of methoxy groups -OCH3 is 1. The van der Waals surface area contributed by atoms with E-state index in [2.05, 4.69) is 4.98 Å². The highest BCUT2D eigenvalue weighted by Crippen LogP contribution is 2.24. The molecule has 1 aromatic carbocycles. The molecule has 3 rings (SSSR count). The molecule has 1 fully saturated rings. The van der Waals surface area contributed by atoms with Gasteiger partial charge in [-0.1, -0.05) is 0 Å². The van der Waals surface area contributed by atoms with Crippen molar-refractivity contribution in [1.29, 1.82) is 0 Å². The number of aromatic nitrogens is 1. The van der Waals surface area contributed by atoms with E-state index in [4.69, 9.17) is 9.47 Å². The summed E-state index contributed by atoms with van der Waals surface area (Å²) in [5, 5.41) is 0.899. The molecular formula is C14H16N2O3. The van der Waals surface area contributed by atoms with Crippen LogP contribution in [0.2, 0.25) is 0 Å². The van der Waals surface area contributed by atoms with Gasteiger partial charge < -0.3 is 19.4 Å². The van der Waals surface area contributed by atoms with E-state index in [1.807, 2.05) is 23.1 Å². The fourth-order valence-corrected chi connectivity index (χ4v) is 2.34. The van der Waals surface area contributed by atoms with Gasteiger partial charge in [0.25, 0.3) is 5.91 Å². The number of fused-ring (bicyclic) bond motifs is 1. The molecule has 0 spiro atoms. The monoisotopic (exact) mass is 260 g/mol. The van der Waals surface area contributed by atoms with Gasteiger partial charge in [0.05, 0.1) is 25.9 Å². The fraction of sp³-hybridized carbons (Fsp3) is 0.357. The van der Waals surface area contributed by atoms with Crippen molar-refractivity contribution in [1.82, 2.24) is 9.88 Å². The van der Waals surface area contributed by atoms with Gasteiger partial charge >= 0.3 is 0 Å². The van der Waals surface area contributed by atoms with Crippen LogP contribution in [-0.4, -0.2) is 49.2 Å². The molecule has 0 unspecified atom stereocenters. The van der Waals surface area contributed by atoms with Crippen LogP contribution in [0.15, 0.2) is 24.4 Å². The minimum atomic E-state index is 0.0443. The van der Waals surface area contributed by atoms with Crippen molar-refractivity contribution in [2.45, 2.75) is 0 Å². The third-order valence-corrected chi connectivity index (χ3v) is 3.42. The Labute approximate surface area is 111 Å². The largest absolute Gasteiger partial charge is 0.497 e. The summed E-state index contributed by atoms with van der Waals surface area (Å²) < 4.78 is 10.5. The lowest BCUT2D eigenvalue weighted by atomic mass is 10.1. The van der Waals surface area contributed by atoms with Crippen LogP contribution in [0.1, 0.15) is 10.4 Å². The van der Waals surface area contributed by atoms with E-state index in [9.17, 15) is 4.79 Å². The molecule has 100 valence electrons. The molecule has 1 amide bonds. The first-order valence-corrected chi connectivity index (χ1v) is 6.32. The second-order valence-electron chi connectivity index (χ2n) is 4.52. The topological polar surface area (TPSA) is 54.6 Å². The Bertz CT molecular complexity index is 600. The second kappa shape index (κ2) is 4.93. The predicted molar refractivity (Wildman–Crippen MR) is 71.6 cm³/mol. The van der Waals surface area contributed by atoms with Crippen LogP contribution in [-0.2, 0) is 4.74 Å². The van der Waals surface area contributed by atoms with Crippen LogP contribution in [0.5, 0.6) is 5.75 Å². The smallest absolute Gasteiger partial charge is 0.256 e. The second-order valence-corrected chi connectivity index (χ2v) is 4.52. The first-order valence-electron chi connectivity index (χ1n) is 6.32. The highest BCUT2D eigenvalue weighted by Gasteiger charge is 2.21. The summed E-state index contributed by atoms with van der Waals surface area (Å²) in [5.41, 5.74) is 1.63. The van der Waals surface area contributed by atoms with E-state index < -0.39 is 0 Å².